The van der Waals surface area contributed by atoms with Gasteiger partial charge in [-0.25, -0.2) is 0 Å². The van der Waals surface area contributed by atoms with Crippen molar-refractivity contribution in [3.8, 4) is 22.8 Å². The molecule has 2 aromatic rings. The number of nitrogens with two attached hydrogens (primary N) is 1. The standard InChI is InChI=1S/C13H14N2O2/c1-16-10-3-4-11(13(8-10)17-2)12-7-9(14)5-6-15-12/h3-8H,1-2H3,(H2,14,15). The minimum Gasteiger partial charge on any atom is -0.497 e. The molecule has 0 unspecified atom stereocenters. The maximum absolute atomic E-state index is 5.74. The molecule has 0 saturated carbocycles. The van der Waals surface area contributed by atoms with Gasteiger partial charge in [0.2, 0.25) is 0 Å². The van der Waals surface area contributed by atoms with Gasteiger partial charge in [0.15, 0.2) is 0 Å². The Balaban J connectivity index is 2.51. The zero-order valence-electron chi connectivity index (χ0n) is 9.81. The van der Waals surface area contributed by atoms with Crippen LogP contribution in [0.5, 0.6) is 11.5 Å². The van der Waals surface area contributed by atoms with Gasteiger partial charge in [-0.3, -0.25) is 4.98 Å². The highest BCUT2D eigenvalue weighted by Gasteiger charge is 2.08. The van der Waals surface area contributed by atoms with Crippen LogP contribution in [-0.4, -0.2) is 19.2 Å². The zero-order chi connectivity index (χ0) is 12.3. The third-order valence-electron chi connectivity index (χ3n) is 2.47. The van der Waals surface area contributed by atoms with Crippen molar-refractivity contribution < 1.29 is 9.47 Å². The lowest BCUT2D eigenvalue weighted by atomic mass is 10.1. The summed E-state index contributed by atoms with van der Waals surface area (Å²) in [7, 11) is 3.23. The van der Waals surface area contributed by atoms with Crippen molar-refractivity contribution in [2.75, 3.05) is 20.0 Å². The minimum atomic E-state index is 0.674. The van der Waals surface area contributed by atoms with Crippen molar-refractivity contribution in [1.82, 2.24) is 4.98 Å². The van der Waals surface area contributed by atoms with Crippen LogP contribution in [0.1, 0.15) is 0 Å². The second-order valence-corrected chi connectivity index (χ2v) is 3.54. The van der Waals surface area contributed by atoms with Gasteiger partial charge in [-0.2, -0.15) is 0 Å². The number of aromatic nitrogens is 1. The first-order valence-electron chi connectivity index (χ1n) is 5.18. The molecule has 2 N–H and O–H groups in total. The molecular weight excluding hydrogens is 216 g/mol. The average molecular weight is 230 g/mol. The van der Waals surface area contributed by atoms with Gasteiger partial charge in [-0.15, -0.1) is 0 Å². The first kappa shape index (κ1) is 11.3. The predicted octanol–water partition coefficient (Wildman–Crippen LogP) is 2.35. The van der Waals surface area contributed by atoms with Gasteiger partial charge in [-0.05, 0) is 24.3 Å². The van der Waals surface area contributed by atoms with Gasteiger partial charge in [0.25, 0.3) is 0 Å². The van der Waals surface area contributed by atoms with E-state index in [1.807, 2.05) is 24.3 Å². The molecule has 0 aliphatic rings. The first-order valence-corrected chi connectivity index (χ1v) is 5.18. The Bertz CT molecular complexity index is 527. The number of hydrogen-bond acceptors (Lipinski definition) is 4. The molecule has 17 heavy (non-hydrogen) atoms. The number of benzene rings is 1. The first-order chi connectivity index (χ1) is 8.24. The molecule has 2 rings (SSSR count). The van der Waals surface area contributed by atoms with E-state index in [2.05, 4.69) is 4.98 Å². The highest BCUT2D eigenvalue weighted by atomic mass is 16.5. The molecule has 0 amide bonds. The summed E-state index contributed by atoms with van der Waals surface area (Å²) in [5.74, 6) is 1.46. The number of methoxy groups -OCH3 is 2. The highest BCUT2D eigenvalue weighted by Crippen LogP contribution is 2.32. The Morgan fingerprint density at radius 3 is 2.53 bits per heavy atom. The number of rotatable bonds is 3. The summed E-state index contributed by atoms with van der Waals surface area (Å²) in [6.07, 6.45) is 1.67. The molecule has 0 fully saturated rings. The van der Waals surface area contributed by atoms with Crippen molar-refractivity contribution in [3.63, 3.8) is 0 Å². The summed E-state index contributed by atoms with van der Waals surface area (Å²) in [4.78, 5) is 4.27. The summed E-state index contributed by atoms with van der Waals surface area (Å²) in [5.41, 5.74) is 8.08. The van der Waals surface area contributed by atoms with Gasteiger partial charge < -0.3 is 15.2 Å². The fourth-order valence-corrected chi connectivity index (χ4v) is 1.60. The lowest BCUT2D eigenvalue weighted by Crippen LogP contribution is -1.93. The molecule has 0 aliphatic heterocycles. The molecule has 0 saturated heterocycles. The molecular formula is C13H14N2O2. The normalized spacial score (nSPS) is 10.0. The van der Waals surface area contributed by atoms with E-state index in [1.54, 1.807) is 26.5 Å². The molecule has 1 aromatic carbocycles. The highest BCUT2D eigenvalue weighted by molar-refractivity contribution is 5.70. The third kappa shape index (κ3) is 2.30. The topological polar surface area (TPSA) is 57.4 Å². The molecule has 4 nitrogen and oxygen atoms in total. The van der Waals surface area contributed by atoms with Crippen LogP contribution in [-0.2, 0) is 0 Å². The summed E-state index contributed by atoms with van der Waals surface area (Å²) in [6, 6.07) is 9.15. The molecule has 0 bridgehead atoms. The van der Waals surface area contributed by atoms with Crippen molar-refractivity contribution >= 4 is 5.69 Å². The van der Waals surface area contributed by atoms with E-state index in [-0.39, 0.29) is 0 Å². The van der Waals surface area contributed by atoms with Crippen LogP contribution >= 0.6 is 0 Å². The maximum Gasteiger partial charge on any atom is 0.131 e. The molecule has 0 atom stereocenters. The summed E-state index contributed by atoms with van der Waals surface area (Å²) in [5, 5.41) is 0. The number of nitrogen functional groups attached to an aromatic ring is 1. The Hall–Kier alpha value is -2.23. The average Bonchev–Trinajstić information content (AvgIpc) is 2.38. The summed E-state index contributed by atoms with van der Waals surface area (Å²) in [6.45, 7) is 0. The molecule has 0 radical (unpaired) electrons. The Morgan fingerprint density at radius 1 is 1.06 bits per heavy atom. The van der Waals surface area contributed by atoms with Crippen LogP contribution in [0, 0.1) is 0 Å². The molecule has 1 heterocycles. The van der Waals surface area contributed by atoms with Crippen molar-refractivity contribution in [3.05, 3.63) is 36.5 Å². The van der Waals surface area contributed by atoms with Gasteiger partial charge >= 0.3 is 0 Å². The second-order valence-electron chi connectivity index (χ2n) is 3.54. The van der Waals surface area contributed by atoms with Gasteiger partial charge in [0, 0.05) is 23.5 Å². The van der Waals surface area contributed by atoms with Crippen LogP contribution in [0.25, 0.3) is 11.3 Å². The molecule has 0 aliphatic carbocycles. The number of nitrogens with zero attached hydrogens (tertiary/aromatic N) is 1. The summed E-state index contributed by atoms with van der Waals surface area (Å²) >= 11 is 0. The molecule has 4 heteroatoms. The van der Waals surface area contributed by atoms with E-state index in [0.29, 0.717) is 11.4 Å². The quantitative estimate of drug-likeness (QED) is 0.879. The Morgan fingerprint density at radius 2 is 1.88 bits per heavy atom. The van der Waals surface area contributed by atoms with E-state index in [1.165, 1.54) is 0 Å². The van der Waals surface area contributed by atoms with E-state index >= 15 is 0 Å². The predicted molar refractivity (Wildman–Crippen MR) is 67.2 cm³/mol. The number of pyridine rings is 1. The van der Waals surface area contributed by atoms with E-state index < -0.39 is 0 Å². The Kier molecular flexibility index (Phi) is 3.14. The van der Waals surface area contributed by atoms with Crippen molar-refractivity contribution in [2.45, 2.75) is 0 Å². The van der Waals surface area contributed by atoms with E-state index in [4.69, 9.17) is 15.2 Å². The lowest BCUT2D eigenvalue weighted by molar-refractivity contribution is 0.395. The van der Waals surface area contributed by atoms with E-state index in [0.717, 1.165) is 17.0 Å². The lowest BCUT2D eigenvalue weighted by Gasteiger charge is -2.10. The van der Waals surface area contributed by atoms with Crippen LogP contribution in [0.2, 0.25) is 0 Å². The second kappa shape index (κ2) is 4.74. The van der Waals surface area contributed by atoms with Crippen molar-refractivity contribution in [1.29, 1.82) is 0 Å². The van der Waals surface area contributed by atoms with Crippen LogP contribution in [0.3, 0.4) is 0 Å². The van der Waals surface area contributed by atoms with Crippen LogP contribution < -0.4 is 15.2 Å². The monoisotopic (exact) mass is 230 g/mol. The van der Waals surface area contributed by atoms with Crippen LogP contribution in [0.4, 0.5) is 5.69 Å². The number of anilines is 1. The maximum atomic E-state index is 5.74. The zero-order valence-corrected chi connectivity index (χ0v) is 9.81. The largest absolute Gasteiger partial charge is 0.497 e. The van der Waals surface area contributed by atoms with E-state index in [9.17, 15) is 0 Å². The third-order valence-corrected chi connectivity index (χ3v) is 2.47. The fraction of sp³-hybridized carbons (Fsp3) is 0.154. The molecule has 0 spiro atoms. The summed E-state index contributed by atoms with van der Waals surface area (Å²) < 4.78 is 10.5. The molecule has 1 aromatic heterocycles. The molecule has 88 valence electrons. The SMILES string of the molecule is COc1ccc(-c2cc(N)ccn2)c(OC)c1. The van der Waals surface area contributed by atoms with Gasteiger partial charge in [0.05, 0.1) is 19.9 Å². The number of ether oxygens (including phenoxy) is 2. The Labute approximate surface area is 100 Å². The number of hydrogen-bond donors (Lipinski definition) is 1. The van der Waals surface area contributed by atoms with Gasteiger partial charge in [-0.1, -0.05) is 0 Å². The minimum absolute atomic E-state index is 0.674. The smallest absolute Gasteiger partial charge is 0.131 e. The van der Waals surface area contributed by atoms with Crippen molar-refractivity contribution in [2.24, 2.45) is 0 Å². The van der Waals surface area contributed by atoms with Gasteiger partial charge in [0.1, 0.15) is 11.5 Å². The van der Waals surface area contributed by atoms with Crippen LogP contribution in [0.15, 0.2) is 36.5 Å². The fourth-order valence-electron chi connectivity index (χ4n) is 1.60.